The minimum atomic E-state index is -2.58. The lowest BCUT2D eigenvalue weighted by atomic mass is 10.7. The van der Waals surface area contributed by atoms with E-state index >= 15 is 0 Å². The van der Waals surface area contributed by atoms with E-state index in [1.807, 2.05) is 0 Å². The molecule has 0 aliphatic heterocycles. The Morgan fingerprint density at radius 3 is 2.73 bits per heavy atom. The third-order valence-corrected chi connectivity index (χ3v) is 1.96. The molecule has 11 heavy (non-hydrogen) atoms. The van der Waals surface area contributed by atoms with Crippen molar-refractivity contribution in [1.29, 1.82) is 0 Å². The number of aromatic nitrogens is 3. The highest BCUT2D eigenvalue weighted by Crippen LogP contribution is 2.51. The van der Waals surface area contributed by atoms with Gasteiger partial charge in [0, 0.05) is 6.42 Å². The van der Waals surface area contributed by atoms with Crippen LogP contribution >= 0.6 is 15.9 Å². The van der Waals surface area contributed by atoms with E-state index in [9.17, 15) is 8.78 Å². The summed E-state index contributed by atoms with van der Waals surface area (Å²) in [6.07, 6.45) is 1.33. The molecule has 0 spiro atoms. The molecular formula is C5H4BrF2N3. The normalized spacial score (nSPS) is 27.0. The molecule has 1 aromatic heterocycles. The molecule has 1 aliphatic rings. The fourth-order valence-corrected chi connectivity index (χ4v) is 1.17. The standard InChI is InChI=1S/C5H4BrF2N3/c6-4-2-11(10-9-4)3-1-5(3,7)8/h2-3H,1H2. The van der Waals surface area contributed by atoms with E-state index in [0.717, 1.165) is 0 Å². The summed E-state index contributed by atoms with van der Waals surface area (Å²) in [5.41, 5.74) is 0. The van der Waals surface area contributed by atoms with Crippen LogP contribution in [0.5, 0.6) is 0 Å². The molecule has 0 aromatic carbocycles. The lowest BCUT2D eigenvalue weighted by Crippen LogP contribution is -2.02. The van der Waals surface area contributed by atoms with Gasteiger partial charge in [-0.1, -0.05) is 5.21 Å². The van der Waals surface area contributed by atoms with Gasteiger partial charge in [-0.05, 0) is 15.9 Å². The van der Waals surface area contributed by atoms with Crippen LogP contribution < -0.4 is 0 Å². The molecule has 0 saturated heterocycles. The topological polar surface area (TPSA) is 30.7 Å². The second-order valence-electron chi connectivity index (χ2n) is 2.50. The van der Waals surface area contributed by atoms with Crippen molar-refractivity contribution < 1.29 is 8.78 Å². The lowest BCUT2D eigenvalue weighted by molar-refractivity contribution is 0.0979. The molecule has 2 rings (SSSR count). The second-order valence-corrected chi connectivity index (χ2v) is 3.31. The Bertz CT molecular complexity index is 285. The smallest absolute Gasteiger partial charge is 0.242 e. The van der Waals surface area contributed by atoms with Gasteiger partial charge in [0.25, 0.3) is 5.92 Å². The predicted octanol–water partition coefficient (Wildman–Crippen LogP) is 1.62. The number of hydrogen-bond donors (Lipinski definition) is 0. The van der Waals surface area contributed by atoms with E-state index in [1.165, 1.54) is 10.9 Å². The zero-order chi connectivity index (χ0) is 8.06. The Balaban J connectivity index is 2.20. The molecule has 0 bridgehead atoms. The van der Waals surface area contributed by atoms with Crippen LogP contribution in [0.2, 0.25) is 0 Å². The summed E-state index contributed by atoms with van der Waals surface area (Å²) in [4.78, 5) is 0. The molecule has 1 unspecified atom stereocenters. The van der Waals surface area contributed by atoms with Gasteiger partial charge in [-0.3, -0.25) is 0 Å². The van der Waals surface area contributed by atoms with Gasteiger partial charge < -0.3 is 0 Å². The lowest BCUT2D eigenvalue weighted by Gasteiger charge is -1.94. The van der Waals surface area contributed by atoms with Crippen LogP contribution in [0, 0.1) is 0 Å². The van der Waals surface area contributed by atoms with Crippen LogP contribution in [0.3, 0.4) is 0 Å². The molecule has 0 N–H and O–H groups in total. The largest absolute Gasteiger partial charge is 0.272 e. The maximum Gasteiger partial charge on any atom is 0.272 e. The molecule has 1 heterocycles. The molecule has 0 amide bonds. The first-order valence-corrected chi connectivity index (χ1v) is 3.84. The molecule has 1 saturated carbocycles. The van der Waals surface area contributed by atoms with Gasteiger partial charge >= 0.3 is 0 Å². The van der Waals surface area contributed by atoms with Gasteiger partial charge in [0.1, 0.15) is 10.6 Å². The minimum absolute atomic E-state index is 0.122. The fraction of sp³-hybridized carbons (Fsp3) is 0.600. The number of hydrogen-bond acceptors (Lipinski definition) is 2. The summed E-state index contributed by atoms with van der Waals surface area (Å²) < 4.78 is 26.4. The fourth-order valence-electron chi connectivity index (χ4n) is 0.893. The van der Waals surface area contributed by atoms with Crippen molar-refractivity contribution in [2.24, 2.45) is 0 Å². The first-order chi connectivity index (χ1) is 5.09. The highest BCUT2D eigenvalue weighted by molar-refractivity contribution is 9.10. The molecule has 60 valence electrons. The summed E-state index contributed by atoms with van der Waals surface area (Å²) in [5, 5.41) is 7.05. The second kappa shape index (κ2) is 2.00. The molecule has 3 nitrogen and oxygen atoms in total. The van der Waals surface area contributed by atoms with E-state index in [-0.39, 0.29) is 6.42 Å². The molecule has 6 heteroatoms. The highest BCUT2D eigenvalue weighted by Gasteiger charge is 2.59. The Hall–Kier alpha value is -0.520. The van der Waals surface area contributed by atoms with E-state index < -0.39 is 12.0 Å². The Morgan fingerprint density at radius 1 is 1.73 bits per heavy atom. The van der Waals surface area contributed by atoms with E-state index in [4.69, 9.17) is 0 Å². The molecule has 0 radical (unpaired) electrons. The van der Waals surface area contributed by atoms with Gasteiger partial charge in [-0.2, -0.15) is 0 Å². The van der Waals surface area contributed by atoms with Gasteiger partial charge in [0.2, 0.25) is 0 Å². The summed E-state index contributed by atoms with van der Waals surface area (Å²) in [5.74, 6) is -2.58. The van der Waals surface area contributed by atoms with Crippen molar-refractivity contribution in [3.63, 3.8) is 0 Å². The third-order valence-electron chi connectivity index (χ3n) is 1.59. The van der Waals surface area contributed by atoms with Crippen molar-refractivity contribution in [2.45, 2.75) is 18.4 Å². The Labute approximate surface area is 69.5 Å². The van der Waals surface area contributed by atoms with Crippen molar-refractivity contribution in [1.82, 2.24) is 15.0 Å². The minimum Gasteiger partial charge on any atom is -0.242 e. The van der Waals surface area contributed by atoms with E-state index in [0.29, 0.717) is 4.60 Å². The predicted molar refractivity (Wildman–Crippen MR) is 36.3 cm³/mol. The summed E-state index contributed by atoms with van der Waals surface area (Å²) in [7, 11) is 0. The van der Waals surface area contributed by atoms with Crippen molar-refractivity contribution >= 4 is 15.9 Å². The van der Waals surface area contributed by atoms with Gasteiger partial charge in [-0.15, -0.1) is 5.10 Å². The molecule has 1 atom stereocenters. The van der Waals surface area contributed by atoms with Crippen LogP contribution in [0.1, 0.15) is 12.5 Å². The maximum atomic E-state index is 12.4. The van der Waals surface area contributed by atoms with Crippen molar-refractivity contribution in [2.75, 3.05) is 0 Å². The van der Waals surface area contributed by atoms with Crippen LogP contribution in [0.15, 0.2) is 10.8 Å². The average molecular weight is 224 g/mol. The van der Waals surface area contributed by atoms with Gasteiger partial charge in [-0.25, -0.2) is 13.5 Å². The first kappa shape index (κ1) is 7.15. The SMILES string of the molecule is FC1(F)CC1n1cc(Br)nn1. The highest BCUT2D eigenvalue weighted by atomic mass is 79.9. The van der Waals surface area contributed by atoms with Crippen molar-refractivity contribution in [3.8, 4) is 0 Å². The molecular weight excluding hydrogens is 220 g/mol. The number of rotatable bonds is 1. The zero-order valence-corrected chi connectivity index (χ0v) is 6.92. The number of alkyl halides is 2. The average Bonchev–Trinajstić information content (AvgIpc) is 2.39. The first-order valence-electron chi connectivity index (χ1n) is 3.05. The third kappa shape index (κ3) is 1.15. The van der Waals surface area contributed by atoms with Crippen LogP contribution in [-0.2, 0) is 0 Å². The Morgan fingerprint density at radius 2 is 2.36 bits per heavy atom. The summed E-state index contributed by atoms with van der Waals surface area (Å²) >= 11 is 3.03. The van der Waals surface area contributed by atoms with Gasteiger partial charge in [0.15, 0.2) is 0 Å². The van der Waals surface area contributed by atoms with Crippen LogP contribution in [0.4, 0.5) is 8.78 Å². The number of nitrogens with zero attached hydrogens (tertiary/aromatic N) is 3. The van der Waals surface area contributed by atoms with Crippen LogP contribution in [0.25, 0.3) is 0 Å². The monoisotopic (exact) mass is 223 g/mol. The van der Waals surface area contributed by atoms with E-state index in [1.54, 1.807) is 0 Å². The maximum absolute atomic E-state index is 12.4. The molecule has 1 aliphatic carbocycles. The summed E-state index contributed by atoms with van der Waals surface area (Å²) in [6.45, 7) is 0. The number of halogens is 3. The van der Waals surface area contributed by atoms with Crippen molar-refractivity contribution in [3.05, 3.63) is 10.8 Å². The molecule has 1 aromatic rings. The van der Waals surface area contributed by atoms with E-state index in [2.05, 4.69) is 26.2 Å². The summed E-state index contributed by atoms with van der Waals surface area (Å²) in [6, 6.07) is -0.777. The van der Waals surface area contributed by atoms with Crippen LogP contribution in [-0.4, -0.2) is 20.9 Å². The Kier molecular flexibility index (Phi) is 1.30. The quantitative estimate of drug-likeness (QED) is 0.725. The van der Waals surface area contributed by atoms with Gasteiger partial charge in [0.05, 0.1) is 6.20 Å². The zero-order valence-electron chi connectivity index (χ0n) is 5.34. The molecule has 1 fully saturated rings.